The van der Waals surface area contributed by atoms with Crippen molar-refractivity contribution in [2.45, 2.75) is 0 Å². The Hall–Kier alpha value is -1.74. The third kappa shape index (κ3) is 6.26. The van der Waals surface area contributed by atoms with Gasteiger partial charge in [-0.15, -0.1) is 0 Å². The normalized spacial score (nSPS) is 5.56. The molecule has 0 spiro atoms. The van der Waals surface area contributed by atoms with Crippen molar-refractivity contribution in [2.75, 3.05) is 0 Å². The molecule has 0 saturated carbocycles. The van der Waals surface area contributed by atoms with E-state index < -0.39 is 0 Å². The minimum Gasteiger partial charge on any atom is -0.368 e. The van der Waals surface area contributed by atoms with Crippen LogP contribution in [0, 0.1) is 22.7 Å². The number of nitriles is 2. The lowest BCUT2D eigenvalue weighted by Crippen LogP contribution is -1.38. The summed E-state index contributed by atoms with van der Waals surface area (Å²) in [7, 11) is 0. The van der Waals surface area contributed by atoms with Crippen LogP contribution in [0.4, 0.5) is 0 Å². The van der Waals surface area contributed by atoms with Crippen molar-refractivity contribution in [1.29, 1.82) is 10.5 Å². The van der Waals surface area contributed by atoms with Gasteiger partial charge in [0.1, 0.15) is 0 Å². The van der Waals surface area contributed by atoms with E-state index in [0.717, 1.165) is 0 Å². The van der Waals surface area contributed by atoms with E-state index in [1.807, 2.05) is 24.5 Å². The molecule has 3 heteroatoms. The first-order valence-corrected chi connectivity index (χ1v) is 2.27. The van der Waals surface area contributed by atoms with Gasteiger partial charge in [-0.05, 0) is 12.1 Å². The van der Waals surface area contributed by atoms with Crippen LogP contribution in [-0.2, 0) is 0 Å². The van der Waals surface area contributed by atoms with Crippen molar-refractivity contribution < 1.29 is 0 Å². The highest BCUT2D eigenvalue weighted by molar-refractivity contribution is 4.99. The summed E-state index contributed by atoms with van der Waals surface area (Å²) in [6.45, 7) is 0. The van der Waals surface area contributed by atoms with Gasteiger partial charge in [0.05, 0.1) is 0 Å². The number of nitrogens with zero attached hydrogens (tertiary/aromatic N) is 2. The van der Waals surface area contributed by atoms with E-state index in [9.17, 15) is 0 Å². The lowest BCUT2D eigenvalue weighted by molar-refractivity contribution is 1.42. The molecule has 0 unspecified atom stereocenters. The maximum atomic E-state index is 7.26. The van der Waals surface area contributed by atoms with Gasteiger partial charge in [0.2, 0.25) is 0 Å². The standard InChI is InChI=1S/C4H5N.C2N2/c1-2-4-5-3-1;3-1-2-4/h1-5H;. The summed E-state index contributed by atoms with van der Waals surface area (Å²) in [6, 6.07) is 6.36. The molecule has 3 nitrogen and oxygen atoms in total. The Morgan fingerprint density at radius 3 is 1.56 bits per heavy atom. The summed E-state index contributed by atoms with van der Waals surface area (Å²) in [4.78, 5) is 2.86. The van der Waals surface area contributed by atoms with Gasteiger partial charge in [-0.3, -0.25) is 0 Å². The van der Waals surface area contributed by atoms with Crippen LogP contribution in [0.2, 0.25) is 0 Å². The number of nitrogens with one attached hydrogen (secondary N) is 1. The molecule has 1 aromatic rings. The molecule has 0 aliphatic carbocycles. The highest BCUT2D eigenvalue weighted by Crippen LogP contribution is 1.72. The largest absolute Gasteiger partial charge is 0.368 e. The first kappa shape index (κ1) is 7.26. The van der Waals surface area contributed by atoms with Crippen LogP contribution < -0.4 is 0 Å². The Bertz CT molecular complexity index is 170. The van der Waals surface area contributed by atoms with Crippen molar-refractivity contribution in [3.63, 3.8) is 0 Å². The van der Waals surface area contributed by atoms with Gasteiger partial charge >= 0.3 is 0 Å². The molecule has 9 heavy (non-hydrogen) atoms. The van der Waals surface area contributed by atoms with Crippen molar-refractivity contribution in [3.05, 3.63) is 24.5 Å². The molecule has 0 aliphatic rings. The van der Waals surface area contributed by atoms with Crippen molar-refractivity contribution >= 4 is 0 Å². The number of H-pyrrole nitrogens is 1. The zero-order chi connectivity index (χ0) is 6.95. The number of aromatic amines is 1. The molecule has 0 amide bonds. The molecule has 1 aromatic heterocycles. The maximum Gasteiger partial charge on any atom is 0.181 e. The quantitative estimate of drug-likeness (QED) is 0.554. The predicted octanol–water partition coefficient (Wildman–Crippen LogP) is 1.05. The number of hydrogen-bond acceptors (Lipinski definition) is 2. The summed E-state index contributed by atoms with van der Waals surface area (Å²) in [5.74, 6) is 0. The zero-order valence-corrected chi connectivity index (χ0v) is 4.70. The average Bonchev–Trinajstić information content (AvgIpc) is 2.43. The summed E-state index contributed by atoms with van der Waals surface area (Å²) < 4.78 is 0. The topological polar surface area (TPSA) is 63.4 Å². The predicted molar refractivity (Wildman–Crippen MR) is 32.0 cm³/mol. The van der Waals surface area contributed by atoms with Gasteiger partial charge in [-0.2, -0.15) is 10.5 Å². The van der Waals surface area contributed by atoms with E-state index in [2.05, 4.69) is 4.98 Å². The molecule has 44 valence electrons. The maximum absolute atomic E-state index is 7.26. The van der Waals surface area contributed by atoms with E-state index in [-0.39, 0.29) is 0 Å². The Labute approximate surface area is 53.2 Å². The molecule has 0 radical (unpaired) electrons. The van der Waals surface area contributed by atoms with E-state index in [0.29, 0.717) is 0 Å². The molecule has 1 heterocycles. The molecule has 1 rings (SSSR count). The van der Waals surface area contributed by atoms with Crippen LogP contribution in [-0.4, -0.2) is 4.98 Å². The summed E-state index contributed by atoms with van der Waals surface area (Å²) >= 11 is 0. The third-order valence-electron chi connectivity index (χ3n) is 0.546. The molecule has 0 atom stereocenters. The van der Waals surface area contributed by atoms with Gasteiger partial charge in [0.15, 0.2) is 12.1 Å². The van der Waals surface area contributed by atoms with Crippen LogP contribution in [0.1, 0.15) is 0 Å². The van der Waals surface area contributed by atoms with Gasteiger partial charge < -0.3 is 4.98 Å². The van der Waals surface area contributed by atoms with E-state index in [1.165, 1.54) is 12.1 Å². The molecule has 0 saturated heterocycles. The summed E-state index contributed by atoms with van der Waals surface area (Å²) in [5.41, 5.74) is 0. The molecule has 1 N–H and O–H groups in total. The lowest BCUT2D eigenvalue weighted by Gasteiger charge is -1.49. The second-order valence-corrected chi connectivity index (χ2v) is 1.11. The number of rotatable bonds is 0. The number of hydrogen-bond donors (Lipinski definition) is 1. The zero-order valence-electron chi connectivity index (χ0n) is 4.70. The fraction of sp³-hybridized carbons (Fsp3) is 0. The Kier molecular flexibility index (Phi) is 5.05. The van der Waals surface area contributed by atoms with Crippen molar-refractivity contribution in [3.8, 4) is 12.1 Å². The van der Waals surface area contributed by atoms with E-state index in [4.69, 9.17) is 10.5 Å². The lowest BCUT2D eigenvalue weighted by atomic mass is 10.7. The SMILES string of the molecule is N#CC#N.c1cc[nH]c1. The van der Waals surface area contributed by atoms with Crippen molar-refractivity contribution in [1.82, 2.24) is 4.98 Å². The second kappa shape index (κ2) is 6.26. The van der Waals surface area contributed by atoms with Gasteiger partial charge in [0.25, 0.3) is 0 Å². The highest BCUT2D eigenvalue weighted by atomic mass is 14.6. The third-order valence-corrected chi connectivity index (χ3v) is 0.546. The minimum absolute atomic E-state index is 1.24. The minimum atomic E-state index is 1.24. The van der Waals surface area contributed by atoms with Gasteiger partial charge in [0, 0.05) is 12.4 Å². The van der Waals surface area contributed by atoms with Crippen LogP contribution >= 0.6 is 0 Å². The Balaban J connectivity index is 0.000000148. The smallest absolute Gasteiger partial charge is 0.181 e. The van der Waals surface area contributed by atoms with Gasteiger partial charge in [-0.1, -0.05) is 0 Å². The molecule has 0 fully saturated rings. The van der Waals surface area contributed by atoms with Gasteiger partial charge in [-0.25, -0.2) is 0 Å². The molecule has 0 aliphatic heterocycles. The van der Waals surface area contributed by atoms with Crippen LogP contribution in [0.3, 0.4) is 0 Å². The molecular weight excluding hydrogens is 114 g/mol. The first-order chi connectivity index (χ1) is 4.41. The molecule has 0 bridgehead atoms. The van der Waals surface area contributed by atoms with Crippen LogP contribution in [0.5, 0.6) is 0 Å². The number of aromatic nitrogens is 1. The second-order valence-electron chi connectivity index (χ2n) is 1.11. The summed E-state index contributed by atoms with van der Waals surface area (Å²) in [6.07, 6.45) is 3.75. The van der Waals surface area contributed by atoms with Crippen LogP contribution in [0.25, 0.3) is 0 Å². The first-order valence-electron chi connectivity index (χ1n) is 2.27. The molecule has 0 aromatic carbocycles. The van der Waals surface area contributed by atoms with E-state index >= 15 is 0 Å². The monoisotopic (exact) mass is 119 g/mol. The van der Waals surface area contributed by atoms with Crippen molar-refractivity contribution in [2.24, 2.45) is 0 Å². The Morgan fingerprint density at radius 1 is 1.00 bits per heavy atom. The fourth-order valence-electron chi connectivity index (χ4n) is 0.278. The average molecular weight is 119 g/mol. The summed E-state index contributed by atoms with van der Waals surface area (Å²) in [5, 5.41) is 14.5. The highest BCUT2D eigenvalue weighted by Gasteiger charge is 1.55. The van der Waals surface area contributed by atoms with E-state index in [1.54, 1.807) is 0 Å². The van der Waals surface area contributed by atoms with Crippen LogP contribution in [0.15, 0.2) is 24.5 Å². The Morgan fingerprint density at radius 2 is 1.44 bits per heavy atom. The fourth-order valence-corrected chi connectivity index (χ4v) is 0.278. The molecular formula is C6H5N3.